The molecule has 1 unspecified atom stereocenters. The van der Waals surface area contributed by atoms with Gasteiger partial charge in [-0.1, -0.05) is 37.5 Å². The smallest absolute Gasteiger partial charge is 0.208 e. The molecule has 0 amide bonds. The molecule has 1 aromatic carbocycles. The van der Waals surface area contributed by atoms with Gasteiger partial charge in [-0.05, 0) is 25.0 Å². The second-order valence-electron chi connectivity index (χ2n) is 5.14. The largest absolute Gasteiger partial charge is 0.637 e. The fourth-order valence-electron chi connectivity index (χ4n) is 3.08. The molecule has 1 aliphatic carbocycles. The Hall–Kier alpha value is -0.470. The van der Waals surface area contributed by atoms with Crippen molar-refractivity contribution in [2.45, 2.75) is 38.1 Å². The van der Waals surface area contributed by atoms with Crippen LogP contribution in [0.15, 0.2) is 30.3 Å². The highest BCUT2D eigenvalue weighted by atomic mass is 31.2. The Morgan fingerprint density at radius 3 is 2.56 bits per heavy atom. The van der Waals surface area contributed by atoms with E-state index in [-0.39, 0.29) is 0 Å². The van der Waals surface area contributed by atoms with E-state index in [9.17, 15) is 4.89 Å². The predicted molar refractivity (Wildman–Crippen MR) is 72.5 cm³/mol. The van der Waals surface area contributed by atoms with Crippen LogP contribution in [0.1, 0.15) is 32.1 Å². The standard InChI is InChI=1S/C14H20NO2P/c16-18(14-9-5-2-6-10-14)15(11-12-17-18)13-7-3-1-4-8-13/h2,5-6,9-10,13H,1,3-4,7-8,11-12H2. The topological polar surface area (TPSA) is 35.5 Å². The van der Waals surface area contributed by atoms with Gasteiger partial charge in [-0.25, -0.2) is 4.52 Å². The van der Waals surface area contributed by atoms with Crippen LogP contribution in [0.4, 0.5) is 0 Å². The van der Waals surface area contributed by atoms with Crippen molar-refractivity contribution < 1.29 is 9.42 Å². The van der Waals surface area contributed by atoms with Gasteiger partial charge in [0.05, 0.1) is 6.54 Å². The lowest BCUT2D eigenvalue weighted by atomic mass is 9.95. The first kappa shape index (κ1) is 12.6. The summed E-state index contributed by atoms with van der Waals surface area (Å²) in [6, 6.07) is 10.2. The van der Waals surface area contributed by atoms with Gasteiger partial charge in [-0.2, -0.15) is 0 Å². The van der Waals surface area contributed by atoms with E-state index >= 15 is 0 Å². The Kier molecular flexibility index (Phi) is 3.67. The molecular formula is C14H20NO2P. The molecule has 0 spiro atoms. The van der Waals surface area contributed by atoms with E-state index in [1.807, 2.05) is 30.3 Å². The van der Waals surface area contributed by atoms with Gasteiger partial charge in [0.25, 0.3) is 0 Å². The van der Waals surface area contributed by atoms with E-state index in [1.165, 1.54) is 32.1 Å². The average Bonchev–Trinajstić information content (AvgIpc) is 2.84. The molecule has 1 saturated heterocycles. The minimum Gasteiger partial charge on any atom is -0.637 e. The van der Waals surface area contributed by atoms with Crippen LogP contribution in [-0.4, -0.2) is 23.9 Å². The summed E-state index contributed by atoms with van der Waals surface area (Å²) < 4.78 is 7.83. The fraction of sp³-hybridized carbons (Fsp3) is 0.571. The summed E-state index contributed by atoms with van der Waals surface area (Å²) in [5, 5.41) is 0.855. The minimum absolute atomic E-state index is 0.451. The third-order valence-electron chi connectivity index (χ3n) is 4.00. The maximum absolute atomic E-state index is 13.1. The SMILES string of the molecule is [O-][P+]1(c2ccccc2)OCCN1C1CCCCC1. The van der Waals surface area contributed by atoms with Gasteiger partial charge in [0.1, 0.15) is 11.9 Å². The normalized spacial score (nSPS) is 30.7. The number of rotatable bonds is 2. The molecule has 0 bridgehead atoms. The van der Waals surface area contributed by atoms with Crippen LogP contribution in [0.25, 0.3) is 0 Å². The molecule has 1 heterocycles. The van der Waals surface area contributed by atoms with E-state index in [4.69, 9.17) is 4.52 Å². The van der Waals surface area contributed by atoms with Gasteiger partial charge in [0.15, 0.2) is 0 Å². The van der Waals surface area contributed by atoms with Crippen LogP contribution >= 0.6 is 7.87 Å². The molecule has 1 atom stereocenters. The molecule has 98 valence electrons. The van der Waals surface area contributed by atoms with Gasteiger partial charge < -0.3 is 4.89 Å². The summed E-state index contributed by atoms with van der Waals surface area (Å²) >= 11 is 0. The van der Waals surface area contributed by atoms with Crippen molar-refractivity contribution in [2.24, 2.45) is 0 Å². The van der Waals surface area contributed by atoms with Gasteiger partial charge in [0, 0.05) is 6.04 Å². The van der Waals surface area contributed by atoms with Crippen LogP contribution in [0, 0.1) is 0 Å². The summed E-state index contributed by atoms with van der Waals surface area (Å²) in [7, 11) is -2.77. The summed E-state index contributed by atoms with van der Waals surface area (Å²) in [5.74, 6) is 0. The second kappa shape index (κ2) is 5.26. The zero-order valence-corrected chi connectivity index (χ0v) is 11.5. The summed E-state index contributed by atoms with van der Waals surface area (Å²) in [6.45, 7) is 1.42. The maximum Gasteiger partial charge on any atom is 0.208 e. The number of hydrogen-bond donors (Lipinski definition) is 0. The Morgan fingerprint density at radius 1 is 1.11 bits per heavy atom. The molecule has 1 aromatic rings. The number of hydrogen-bond acceptors (Lipinski definition) is 3. The quantitative estimate of drug-likeness (QED) is 0.768. The van der Waals surface area contributed by atoms with Crippen LogP contribution in [0.2, 0.25) is 0 Å². The molecule has 18 heavy (non-hydrogen) atoms. The first-order valence-corrected chi connectivity index (χ1v) is 8.46. The van der Waals surface area contributed by atoms with E-state index < -0.39 is 7.87 Å². The average molecular weight is 265 g/mol. The maximum atomic E-state index is 13.1. The van der Waals surface area contributed by atoms with Crippen LogP contribution in [-0.2, 0) is 4.52 Å². The second-order valence-corrected chi connectivity index (χ2v) is 7.47. The first-order chi connectivity index (χ1) is 8.81. The lowest BCUT2D eigenvalue weighted by Gasteiger charge is -2.38. The molecule has 2 aliphatic rings. The number of benzene rings is 1. The molecule has 0 N–H and O–H groups in total. The lowest BCUT2D eigenvalue weighted by Crippen LogP contribution is -2.41. The van der Waals surface area contributed by atoms with Crippen molar-refractivity contribution in [3.63, 3.8) is 0 Å². The third kappa shape index (κ3) is 2.21. The fourth-order valence-corrected chi connectivity index (χ4v) is 5.56. The van der Waals surface area contributed by atoms with E-state index in [2.05, 4.69) is 4.67 Å². The van der Waals surface area contributed by atoms with Crippen LogP contribution in [0.3, 0.4) is 0 Å². The van der Waals surface area contributed by atoms with Crippen LogP contribution in [0.5, 0.6) is 0 Å². The molecule has 2 fully saturated rings. The summed E-state index contributed by atoms with van der Waals surface area (Å²) in [4.78, 5) is 13.1. The van der Waals surface area contributed by atoms with Crippen LogP contribution < -0.4 is 10.2 Å². The van der Waals surface area contributed by atoms with Gasteiger partial charge in [-0.15, -0.1) is 4.67 Å². The Morgan fingerprint density at radius 2 is 1.83 bits per heavy atom. The van der Waals surface area contributed by atoms with Gasteiger partial charge in [-0.3, -0.25) is 0 Å². The molecule has 4 heteroatoms. The van der Waals surface area contributed by atoms with Gasteiger partial charge >= 0.3 is 0 Å². The molecule has 1 saturated carbocycles. The highest BCUT2D eigenvalue weighted by Gasteiger charge is 2.47. The van der Waals surface area contributed by atoms with Gasteiger partial charge in [0.2, 0.25) is 7.87 Å². The zero-order valence-electron chi connectivity index (χ0n) is 10.6. The van der Waals surface area contributed by atoms with Crippen molar-refractivity contribution in [3.05, 3.63) is 30.3 Å². The minimum atomic E-state index is -2.77. The van der Waals surface area contributed by atoms with Crippen molar-refractivity contribution >= 4 is 13.2 Å². The first-order valence-electron chi connectivity index (χ1n) is 6.88. The lowest BCUT2D eigenvalue weighted by molar-refractivity contribution is -0.196. The molecule has 0 aromatic heterocycles. The van der Waals surface area contributed by atoms with Crippen molar-refractivity contribution in [3.8, 4) is 0 Å². The van der Waals surface area contributed by atoms with E-state index in [1.54, 1.807) is 0 Å². The molecule has 3 rings (SSSR count). The third-order valence-corrected chi connectivity index (χ3v) is 6.69. The zero-order chi connectivity index (χ0) is 12.4. The van der Waals surface area contributed by atoms with Crippen molar-refractivity contribution in [1.29, 1.82) is 0 Å². The Balaban J connectivity index is 1.85. The van der Waals surface area contributed by atoms with Crippen molar-refractivity contribution in [2.75, 3.05) is 13.2 Å². The highest BCUT2D eigenvalue weighted by Crippen LogP contribution is 2.59. The number of nitrogens with zero attached hydrogens (tertiary/aromatic N) is 1. The summed E-state index contributed by atoms with van der Waals surface area (Å²) in [6.07, 6.45) is 6.17. The summed E-state index contributed by atoms with van der Waals surface area (Å²) in [5.41, 5.74) is 0. The molecular weight excluding hydrogens is 245 g/mol. The van der Waals surface area contributed by atoms with E-state index in [0.29, 0.717) is 12.6 Å². The Labute approximate surface area is 109 Å². The molecule has 3 nitrogen and oxygen atoms in total. The predicted octanol–water partition coefficient (Wildman–Crippen LogP) is 2.10. The monoisotopic (exact) mass is 265 g/mol. The molecule has 1 aliphatic heterocycles. The van der Waals surface area contributed by atoms with E-state index in [0.717, 1.165) is 11.8 Å². The molecule has 0 radical (unpaired) electrons. The Bertz CT molecular complexity index is 394. The highest BCUT2D eigenvalue weighted by molar-refractivity contribution is 7.69. The van der Waals surface area contributed by atoms with Crippen molar-refractivity contribution in [1.82, 2.24) is 4.67 Å².